The SMILES string of the molecule is O=CNc1cc2cc(Cl)cc(Cl)c2oc1=O. The van der Waals surface area contributed by atoms with E-state index in [1.165, 1.54) is 12.1 Å². The van der Waals surface area contributed by atoms with Gasteiger partial charge in [-0.2, -0.15) is 0 Å². The van der Waals surface area contributed by atoms with E-state index in [9.17, 15) is 9.59 Å². The predicted molar refractivity (Wildman–Crippen MR) is 62.2 cm³/mol. The summed E-state index contributed by atoms with van der Waals surface area (Å²) in [5, 5.41) is 3.44. The van der Waals surface area contributed by atoms with Crippen molar-refractivity contribution in [1.29, 1.82) is 0 Å². The highest BCUT2D eigenvalue weighted by Gasteiger charge is 2.08. The maximum Gasteiger partial charge on any atom is 0.360 e. The van der Waals surface area contributed by atoms with Crippen LogP contribution >= 0.6 is 23.2 Å². The van der Waals surface area contributed by atoms with Crippen molar-refractivity contribution in [3.63, 3.8) is 0 Å². The molecule has 0 unspecified atom stereocenters. The van der Waals surface area contributed by atoms with E-state index in [2.05, 4.69) is 5.32 Å². The molecule has 0 aliphatic rings. The van der Waals surface area contributed by atoms with E-state index in [4.69, 9.17) is 27.6 Å². The molecule has 1 aromatic carbocycles. The summed E-state index contributed by atoms with van der Waals surface area (Å²) in [6.45, 7) is 0. The normalized spacial score (nSPS) is 10.4. The predicted octanol–water partition coefficient (Wildman–Crippen LogP) is 2.67. The van der Waals surface area contributed by atoms with Crippen LogP contribution < -0.4 is 10.9 Å². The van der Waals surface area contributed by atoms with Gasteiger partial charge in [0.25, 0.3) is 0 Å². The lowest BCUT2D eigenvalue weighted by Gasteiger charge is -2.02. The van der Waals surface area contributed by atoms with Gasteiger partial charge in [-0.1, -0.05) is 23.2 Å². The Kier molecular flexibility index (Phi) is 2.85. The molecular weight excluding hydrogens is 253 g/mol. The van der Waals surface area contributed by atoms with Gasteiger partial charge in [0, 0.05) is 10.4 Å². The van der Waals surface area contributed by atoms with Gasteiger partial charge in [0.2, 0.25) is 6.41 Å². The molecule has 4 nitrogen and oxygen atoms in total. The third kappa shape index (κ3) is 1.89. The average molecular weight is 258 g/mol. The second-order valence-corrected chi connectivity index (χ2v) is 3.86. The smallest absolute Gasteiger partial charge is 0.360 e. The van der Waals surface area contributed by atoms with Crippen LogP contribution in [0.25, 0.3) is 11.0 Å². The molecule has 82 valence electrons. The third-order valence-electron chi connectivity index (χ3n) is 1.97. The minimum atomic E-state index is -0.663. The second kappa shape index (κ2) is 4.15. The van der Waals surface area contributed by atoms with Gasteiger partial charge >= 0.3 is 5.63 Å². The molecule has 1 aromatic heterocycles. The summed E-state index contributed by atoms with van der Waals surface area (Å²) in [6, 6.07) is 4.51. The van der Waals surface area contributed by atoms with Crippen LogP contribution in [-0.4, -0.2) is 6.41 Å². The maximum atomic E-state index is 11.4. The molecule has 1 heterocycles. The van der Waals surface area contributed by atoms with E-state index in [-0.39, 0.29) is 16.3 Å². The zero-order valence-electron chi connectivity index (χ0n) is 7.79. The number of carbonyl (C=O) groups is 1. The first-order chi connectivity index (χ1) is 7.61. The molecule has 0 fully saturated rings. The molecule has 1 amide bonds. The summed E-state index contributed by atoms with van der Waals surface area (Å²) in [6.07, 6.45) is 0.393. The molecule has 1 N–H and O–H groups in total. The fourth-order valence-electron chi connectivity index (χ4n) is 1.32. The van der Waals surface area contributed by atoms with Crippen LogP contribution in [0.3, 0.4) is 0 Å². The van der Waals surface area contributed by atoms with Crippen molar-refractivity contribution in [3.8, 4) is 0 Å². The molecule has 0 atom stereocenters. The zero-order chi connectivity index (χ0) is 11.7. The Bertz CT molecular complexity index is 621. The van der Waals surface area contributed by atoms with Gasteiger partial charge in [0.1, 0.15) is 5.69 Å². The lowest BCUT2D eigenvalue weighted by Crippen LogP contribution is -2.08. The number of hydrogen-bond acceptors (Lipinski definition) is 3. The van der Waals surface area contributed by atoms with Gasteiger partial charge in [-0.05, 0) is 18.2 Å². The highest BCUT2D eigenvalue weighted by molar-refractivity contribution is 6.38. The van der Waals surface area contributed by atoms with Gasteiger partial charge in [-0.15, -0.1) is 0 Å². The Balaban J connectivity index is 2.79. The number of benzene rings is 1. The van der Waals surface area contributed by atoms with Crippen molar-refractivity contribution in [2.75, 3.05) is 5.32 Å². The summed E-state index contributed by atoms with van der Waals surface area (Å²) < 4.78 is 4.96. The Morgan fingerprint density at radius 2 is 2.00 bits per heavy atom. The van der Waals surface area contributed by atoms with Crippen LogP contribution in [0.4, 0.5) is 5.69 Å². The van der Waals surface area contributed by atoms with Gasteiger partial charge < -0.3 is 9.73 Å². The lowest BCUT2D eigenvalue weighted by molar-refractivity contribution is -0.105. The molecule has 0 radical (unpaired) electrons. The van der Waals surface area contributed by atoms with Crippen LogP contribution in [0.5, 0.6) is 0 Å². The second-order valence-electron chi connectivity index (χ2n) is 3.02. The number of anilines is 1. The number of hydrogen-bond donors (Lipinski definition) is 1. The van der Waals surface area contributed by atoms with Crippen LogP contribution in [0.2, 0.25) is 10.0 Å². The fraction of sp³-hybridized carbons (Fsp3) is 0. The monoisotopic (exact) mass is 257 g/mol. The highest BCUT2D eigenvalue weighted by atomic mass is 35.5. The topological polar surface area (TPSA) is 59.3 Å². The Morgan fingerprint density at radius 1 is 1.25 bits per heavy atom. The molecule has 2 aromatic rings. The number of amides is 1. The van der Waals surface area contributed by atoms with Crippen LogP contribution in [0.15, 0.2) is 27.4 Å². The highest BCUT2D eigenvalue weighted by Crippen LogP contribution is 2.27. The first kappa shape index (κ1) is 11.0. The molecule has 16 heavy (non-hydrogen) atoms. The van der Waals surface area contributed by atoms with E-state index in [1.54, 1.807) is 6.07 Å². The molecule has 0 aliphatic heterocycles. The average Bonchev–Trinajstić information content (AvgIpc) is 2.21. The van der Waals surface area contributed by atoms with Gasteiger partial charge in [-0.25, -0.2) is 4.79 Å². The van der Waals surface area contributed by atoms with E-state index in [1.807, 2.05) is 0 Å². The van der Waals surface area contributed by atoms with Gasteiger partial charge in [0.05, 0.1) is 5.02 Å². The van der Waals surface area contributed by atoms with Gasteiger partial charge in [0.15, 0.2) is 5.58 Å². The van der Waals surface area contributed by atoms with Crippen molar-refractivity contribution in [1.82, 2.24) is 0 Å². The summed E-state index contributed by atoms with van der Waals surface area (Å²) in [4.78, 5) is 21.6. The van der Waals surface area contributed by atoms with Crippen LogP contribution in [0, 0.1) is 0 Å². The number of nitrogens with one attached hydrogen (secondary N) is 1. The Labute approximate surface area is 99.8 Å². The fourth-order valence-corrected chi connectivity index (χ4v) is 1.87. The molecule has 0 bridgehead atoms. The summed E-state index contributed by atoms with van der Waals surface area (Å²) in [5.41, 5.74) is -0.378. The van der Waals surface area contributed by atoms with E-state index in [0.717, 1.165) is 0 Å². The number of halogens is 2. The summed E-state index contributed by atoms with van der Waals surface area (Å²) >= 11 is 11.7. The molecule has 0 saturated heterocycles. The zero-order valence-corrected chi connectivity index (χ0v) is 9.30. The molecule has 0 saturated carbocycles. The van der Waals surface area contributed by atoms with Crippen LogP contribution in [0.1, 0.15) is 0 Å². The molecule has 6 heteroatoms. The quantitative estimate of drug-likeness (QED) is 0.665. The molecule has 2 rings (SSSR count). The standard InChI is InChI=1S/C10H5Cl2NO3/c11-6-1-5-2-8(13-4-14)10(15)16-9(5)7(12)3-6/h1-4H,(H,13,14). The molecule has 0 spiro atoms. The first-order valence-electron chi connectivity index (χ1n) is 4.25. The number of rotatable bonds is 2. The number of carbonyl (C=O) groups excluding carboxylic acids is 1. The largest absolute Gasteiger partial charge is 0.420 e. The van der Waals surface area contributed by atoms with Crippen LogP contribution in [-0.2, 0) is 4.79 Å². The van der Waals surface area contributed by atoms with E-state index in [0.29, 0.717) is 16.8 Å². The summed E-state index contributed by atoms with van der Waals surface area (Å²) in [5.74, 6) is 0. The van der Waals surface area contributed by atoms with Crippen molar-refractivity contribution in [2.45, 2.75) is 0 Å². The van der Waals surface area contributed by atoms with Crippen molar-refractivity contribution in [2.24, 2.45) is 0 Å². The third-order valence-corrected chi connectivity index (χ3v) is 2.47. The van der Waals surface area contributed by atoms with Crippen molar-refractivity contribution in [3.05, 3.63) is 38.7 Å². The van der Waals surface area contributed by atoms with E-state index >= 15 is 0 Å². The summed E-state index contributed by atoms with van der Waals surface area (Å²) in [7, 11) is 0. The van der Waals surface area contributed by atoms with Crippen molar-refractivity contribution < 1.29 is 9.21 Å². The number of fused-ring (bicyclic) bond motifs is 1. The molecular formula is C10H5Cl2NO3. The van der Waals surface area contributed by atoms with E-state index < -0.39 is 5.63 Å². The first-order valence-corrected chi connectivity index (χ1v) is 5.00. The molecule has 0 aliphatic carbocycles. The van der Waals surface area contributed by atoms with Crippen molar-refractivity contribution >= 4 is 46.3 Å². The lowest BCUT2D eigenvalue weighted by atomic mass is 10.2. The Morgan fingerprint density at radius 3 is 2.69 bits per heavy atom. The maximum absolute atomic E-state index is 11.4. The Hall–Kier alpha value is -1.52. The van der Waals surface area contributed by atoms with Gasteiger partial charge in [-0.3, -0.25) is 4.79 Å². The minimum Gasteiger partial charge on any atom is -0.420 e. The minimum absolute atomic E-state index is 0.0424.